The zero-order valence-corrected chi connectivity index (χ0v) is 9.07. The molecule has 0 aromatic heterocycles. The SMILES string of the molecule is COC(C)(F)C(F)(OC)C(C)(C)C. The number of ether oxygens (including phenoxy) is 2. The topological polar surface area (TPSA) is 18.5 Å². The lowest BCUT2D eigenvalue weighted by Gasteiger charge is -2.42. The van der Waals surface area contributed by atoms with Crippen molar-refractivity contribution in [3.63, 3.8) is 0 Å². The molecule has 0 spiro atoms. The van der Waals surface area contributed by atoms with E-state index in [0.717, 1.165) is 21.1 Å². The molecule has 2 nitrogen and oxygen atoms in total. The van der Waals surface area contributed by atoms with Crippen LogP contribution in [-0.2, 0) is 9.47 Å². The van der Waals surface area contributed by atoms with Crippen LogP contribution in [0.25, 0.3) is 0 Å². The van der Waals surface area contributed by atoms with Crippen molar-refractivity contribution in [2.75, 3.05) is 14.2 Å². The smallest absolute Gasteiger partial charge is 0.272 e. The third-order valence-electron chi connectivity index (χ3n) is 2.20. The lowest BCUT2D eigenvalue weighted by Crippen LogP contribution is -2.56. The van der Waals surface area contributed by atoms with Gasteiger partial charge in [-0.15, -0.1) is 0 Å². The van der Waals surface area contributed by atoms with E-state index in [-0.39, 0.29) is 0 Å². The van der Waals surface area contributed by atoms with Crippen LogP contribution in [0.15, 0.2) is 0 Å². The van der Waals surface area contributed by atoms with Gasteiger partial charge in [-0.1, -0.05) is 20.8 Å². The van der Waals surface area contributed by atoms with Crippen molar-refractivity contribution >= 4 is 0 Å². The molecule has 0 amide bonds. The maximum absolute atomic E-state index is 14.1. The highest BCUT2D eigenvalue weighted by Gasteiger charge is 2.59. The van der Waals surface area contributed by atoms with Crippen LogP contribution in [-0.4, -0.2) is 25.9 Å². The van der Waals surface area contributed by atoms with Crippen molar-refractivity contribution in [2.24, 2.45) is 5.41 Å². The van der Waals surface area contributed by atoms with Crippen molar-refractivity contribution in [3.05, 3.63) is 0 Å². The first-order valence-electron chi connectivity index (χ1n) is 4.10. The molecular weight excluding hydrogens is 178 g/mol. The summed E-state index contributed by atoms with van der Waals surface area (Å²) in [5, 5.41) is 0. The lowest BCUT2D eigenvalue weighted by molar-refractivity contribution is -0.339. The van der Waals surface area contributed by atoms with Crippen molar-refractivity contribution in [1.82, 2.24) is 0 Å². The van der Waals surface area contributed by atoms with Crippen molar-refractivity contribution in [2.45, 2.75) is 39.4 Å². The molecule has 0 fully saturated rings. The molecule has 0 heterocycles. The van der Waals surface area contributed by atoms with E-state index in [0.29, 0.717) is 0 Å². The van der Waals surface area contributed by atoms with Gasteiger partial charge in [-0.05, 0) is 0 Å². The molecule has 0 aromatic rings. The number of rotatable bonds is 3. The largest absolute Gasteiger partial charge is 0.345 e. The van der Waals surface area contributed by atoms with E-state index in [1.54, 1.807) is 20.8 Å². The number of hydrogen-bond donors (Lipinski definition) is 0. The van der Waals surface area contributed by atoms with Gasteiger partial charge in [-0.25, -0.2) is 8.78 Å². The Hall–Kier alpha value is -0.220. The summed E-state index contributed by atoms with van der Waals surface area (Å²) >= 11 is 0. The zero-order chi connectivity index (χ0) is 10.9. The second-order valence-corrected chi connectivity index (χ2v) is 4.17. The predicted octanol–water partition coefficient (Wildman–Crippen LogP) is 2.68. The molecule has 0 aliphatic carbocycles. The van der Waals surface area contributed by atoms with E-state index in [1.165, 1.54) is 0 Å². The van der Waals surface area contributed by atoms with Crippen LogP contribution in [0.1, 0.15) is 27.7 Å². The molecule has 0 aliphatic rings. The van der Waals surface area contributed by atoms with E-state index < -0.39 is 17.1 Å². The lowest BCUT2D eigenvalue weighted by atomic mass is 9.82. The second kappa shape index (κ2) is 3.50. The zero-order valence-electron chi connectivity index (χ0n) is 9.07. The van der Waals surface area contributed by atoms with Crippen LogP contribution in [0, 0.1) is 5.41 Å². The van der Waals surface area contributed by atoms with Gasteiger partial charge in [0.25, 0.3) is 11.7 Å². The average molecular weight is 196 g/mol. The Kier molecular flexibility index (Phi) is 3.44. The van der Waals surface area contributed by atoms with Crippen molar-refractivity contribution < 1.29 is 18.3 Å². The number of halogens is 2. The first-order valence-corrected chi connectivity index (χ1v) is 4.10. The molecule has 0 saturated heterocycles. The first kappa shape index (κ1) is 12.8. The molecule has 2 unspecified atom stereocenters. The van der Waals surface area contributed by atoms with E-state index in [9.17, 15) is 8.78 Å². The van der Waals surface area contributed by atoms with Gasteiger partial charge in [-0.3, -0.25) is 0 Å². The molecule has 4 heteroatoms. The Morgan fingerprint density at radius 3 is 1.31 bits per heavy atom. The highest BCUT2D eigenvalue weighted by molar-refractivity contribution is 4.92. The summed E-state index contributed by atoms with van der Waals surface area (Å²) in [5.41, 5.74) is -0.999. The van der Waals surface area contributed by atoms with E-state index >= 15 is 0 Å². The van der Waals surface area contributed by atoms with E-state index in [2.05, 4.69) is 9.47 Å². The van der Waals surface area contributed by atoms with Crippen LogP contribution in [0.3, 0.4) is 0 Å². The van der Waals surface area contributed by atoms with Gasteiger partial charge >= 0.3 is 0 Å². The molecule has 80 valence electrons. The quantitative estimate of drug-likeness (QED) is 0.691. The fourth-order valence-electron chi connectivity index (χ4n) is 1.29. The molecule has 0 radical (unpaired) electrons. The minimum Gasteiger partial charge on any atom is -0.345 e. The van der Waals surface area contributed by atoms with Gasteiger partial charge in [-0.2, -0.15) is 0 Å². The monoisotopic (exact) mass is 196 g/mol. The van der Waals surface area contributed by atoms with Gasteiger partial charge < -0.3 is 9.47 Å². The highest BCUT2D eigenvalue weighted by Crippen LogP contribution is 2.45. The fourth-order valence-corrected chi connectivity index (χ4v) is 1.29. The fraction of sp³-hybridized carbons (Fsp3) is 1.00. The minimum absolute atomic E-state index is 0.999. The van der Waals surface area contributed by atoms with Gasteiger partial charge in [0.2, 0.25) is 0 Å². The highest BCUT2D eigenvalue weighted by atomic mass is 19.2. The van der Waals surface area contributed by atoms with Crippen LogP contribution < -0.4 is 0 Å². The summed E-state index contributed by atoms with van der Waals surface area (Å²) in [7, 11) is 2.24. The van der Waals surface area contributed by atoms with Crippen LogP contribution >= 0.6 is 0 Å². The molecule has 2 atom stereocenters. The Morgan fingerprint density at radius 1 is 0.846 bits per heavy atom. The summed E-state index contributed by atoms with van der Waals surface area (Å²) in [5.74, 6) is -4.92. The number of methoxy groups -OCH3 is 2. The number of alkyl halides is 2. The van der Waals surface area contributed by atoms with Crippen LogP contribution in [0.5, 0.6) is 0 Å². The normalized spacial score (nSPS) is 22.2. The van der Waals surface area contributed by atoms with Crippen molar-refractivity contribution in [1.29, 1.82) is 0 Å². The van der Waals surface area contributed by atoms with Gasteiger partial charge in [0.1, 0.15) is 0 Å². The average Bonchev–Trinajstić information content (AvgIpc) is 2.00. The van der Waals surface area contributed by atoms with Gasteiger partial charge in [0, 0.05) is 26.6 Å². The third kappa shape index (κ3) is 1.99. The molecule has 13 heavy (non-hydrogen) atoms. The summed E-state index contributed by atoms with van der Waals surface area (Å²) in [4.78, 5) is 0. The Labute approximate surface area is 78.2 Å². The Balaban J connectivity index is 5.06. The molecule has 0 aliphatic heterocycles. The molecule has 0 aromatic carbocycles. The first-order chi connectivity index (χ1) is 5.62. The summed E-state index contributed by atoms with van der Waals surface area (Å²) in [6, 6.07) is 0. The maximum Gasteiger partial charge on any atom is 0.272 e. The standard InChI is InChI=1S/C9H18F2O2/c1-7(2,3)9(11,13-6)8(4,10)12-5/h1-6H3. The van der Waals surface area contributed by atoms with Crippen molar-refractivity contribution in [3.8, 4) is 0 Å². The Morgan fingerprint density at radius 2 is 1.23 bits per heavy atom. The maximum atomic E-state index is 14.1. The second-order valence-electron chi connectivity index (χ2n) is 4.17. The number of hydrogen-bond acceptors (Lipinski definition) is 2. The summed E-state index contributed by atoms with van der Waals surface area (Å²) < 4.78 is 36.8. The summed E-state index contributed by atoms with van der Waals surface area (Å²) in [6.45, 7) is 5.66. The molecular formula is C9H18F2O2. The Bertz CT molecular complexity index is 175. The molecule has 0 saturated carbocycles. The molecule has 0 bridgehead atoms. The van der Waals surface area contributed by atoms with Gasteiger partial charge in [0.15, 0.2) is 0 Å². The van der Waals surface area contributed by atoms with E-state index in [4.69, 9.17) is 0 Å². The molecule has 0 rings (SSSR count). The van der Waals surface area contributed by atoms with E-state index in [1.807, 2.05) is 0 Å². The molecule has 0 N–H and O–H groups in total. The minimum atomic E-state index is -2.46. The van der Waals surface area contributed by atoms with Gasteiger partial charge in [0.05, 0.1) is 0 Å². The van der Waals surface area contributed by atoms with Crippen LogP contribution in [0.4, 0.5) is 8.78 Å². The predicted molar refractivity (Wildman–Crippen MR) is 46.8 cm³/mol. The third-order valence-corrected chi connectivity index (χ3v) is 2.20. The van der Waals surface area contributed by atoms with Crippen LogP contribution in [0.2, 0.25) is 0 Å². The summed E-state index contributed by atoms with van der Waals surface area (Å²) in [6.07, 6.45) is 0.